The van der Waals surface area contributed by atoms with E-state index in [2.05, 4.69) is 15.2 Å². The maximum Gasteiger partial charge on any atom is 0.336 e. The van der Waals surface area contributed by atoms with Crippen LogP contribution in [0.2, 0.25) is 0 Å². The molecule has 0 aliphatic heterocycles. The number of pyridine rings is 1. The largest absolute Gasteiger partial charge is 0.478 e. The SMILES string of the molecule is O=C(O)c1cc(-c2ccco2)[nH+]c2ccc3nn(-c4ccccc4)nc3c12. The number of benzene rings is 2. The zero-order valence-electron chi connectivity index (χ0n) is 14.0. The van der Waals surface area contributed by atoms with Gasteiger partial charge in [-0.25, -0.2) is 9.78 Å². The summed E-state index contributed by atoms with van der Waals surface area (Å²) in [6, 6.07) is 18.2. The predicted molar refractivity (Wildman–Crippen MR) is 97.6 cm³/mol. The quantitative estimate of drug-likeness (QED) is 0.534. The molecule has 0 spiro atoms. The molecule has 5 aromatic rings. The number of para-hydroxylation sites is 1. The summed E-state index contributed by atoms with van der Waals surface area (Å²) < 4.78 is 5.40. The van der Waals surface area contributed by atoms with Gasteiger partial charge in [0.1, 0.15) is 11.0 Å². The van der Waals surface area contributed by atoms with Gasteiger partial charge >= 0.3 is 5.97 Å². The second kappa shape index (κ2) is 5.77. The topological polar surface area (TPSA) is 95.3 Å². The Hall–Kier alpha value is -4.00. The van der Waals surface area contributed by atoms with Crippen molar-refractivity contribution in [2.75, 3.05) is 0 Å². The lowest BCUT2D eigenvalue weighted by Gasteiger charge is -2.01. The second-order valence-electron chi connectivity index (χ2n) is 6.06. The van der Waals surface area contributed by atoms with E-state index in [-0.39, 0.29) is 5.56 Å². The van der Waals surface area contributed by atoms with Gasteiger partial charge in [-0.2, -0.15) is 4.80 Å². The smallest absolute Gasteiger partial charge is 0.336 e. The fraction of sp³-hybridized carbons (Fsp3) is 0. The Morgan fingerprint density at radius 2 is 1.89 bits per heavy atom. The van der Waals surface area contributed by atoms with Gasteiger partial charge in [0.2, 0.25) is 11.2 Å². The summed E-state index contributed by atoms with van der Waals surface area (Å²) in [5, 5.41) is 19.3. The maximum absolute atomic E-state index is 12.0. The second-order valence-corrected chi connectivity index (χ2v) is 6.06. The lowest BCUT2D eigenvalue weighted by molar-refractivity contribution is -0.332. The minimum absolute atomic E-state index is 0.140. The third-order valence-electron chi connectivity index (χ3n) is 4.39. The number of nitrogens with one attached hydrogen (secondary N) is 1. The first-order valence-electron chi connectivity index (χ1n) is 8.29. The molecule has 0 radical (unpaired) electrons. The number of carbonyl (C=O) groups is 1. The fourth-order valence-corrected chi connectivity index (χ4v) is 3.17. The molecule has 130 valence electrons. The molecule has 2 aromatic carbocycles. The minimum atomic E-state index is -1.04. The van der Waals surface area contributed by atoms with E-state index in [0.29, 0.717) is 33.4 Å². The molecular weight excluding hydrogens is 344 g/mol. The first-order chi connectivity index (χ1) is 13.2. The van der Waals surface area contributed by atoms with Crippen molar-refractivity contribution in [3.63, 3.8) is 0 Å². The number of carboxylic acid groups (broad SMARTS) is 1. The number of furan rings is 1. The molecule has 0 aliphatic carbocycles. The van der Waals surface area contributed by atoms with Crippen molar-refractivity contribution < 1.29 is 19.3 Å². The molecule has 2 N–H and O–H groups in total. The highest BCUT2D eigenvalue weighted by atomic mass is 16.4. The van der Waals surface area contributed by atoms with E-state index >= 15 is 0 Å². The standard InChI is InChI=1S/C20H12N4O3/c25-20(26)13-11-16(17-7-4-10-27-17)21-14-8-9-15-19(18(13)14)23-24(22-15)12-5-2-1-3-6-12/h1-11H,(H,25,26)/p+1. The fourth-order valence-electron chi connectivity index (χ4n) is 3.17. The van der Waals surface area contributed by atoms with Crippen LogP contribution >= 0.6 is 0 Å². The van der Waals surface area contributed by atoms with Gasteiger partial charge in [0.15, 0.2) is 5.76 Å². The molecule has 0 bridgehead atoms. The highest BCUT2D eigenvalue weighted by molar-refractivity contribution is 6.12. The van der Waals surface area contributed by atoms with Gasteiger partial charge in [-0.05, 0) is 30.3 Å². The van der Waals surface area contributed by atoms with E-state index in [1.54, 1.807) is 30.5 Å². The van der Waals surface area contributed by atoms with E-state index < -0.39 is 5.97 Å². The van der Waals surface area contributed by atoms with Crippen molar-refractivity contribution in [1.29, 1.82) is 0 Å². The van der Waals surface area contributed by atoms with Crippen molar-refractivity contribution in [2.45, 2.75) is 0 Å². The lowest BCUT2D eigenvalue weighted by atomic mass is 10.1. The van der Waals surface area contributed by atoms with Gasteiger partial charge in [0.05, 0.1) is 22.9 Å². The zero-order valence-corrected chi connectivity index (χ0v) is 14.0. The molecule has 0 fully saturated rings. The Morgan fingerprint density at radius 1 is 1.04 bits per heavy atom. The van der Waals surface area contributed by atoms with Crippen LogP contribution in [0.3, 0.4) is 0 Å². The third kappa shape index (κ3) is 2.44. The molecule has 7 heteroatoms. The molecule has 7 nitrogen and oxygen atoms in total. The molecular formula is C20H13N4O3+. The summed E-state index contributed by atoms with van der Waals surface area (Å²) in [6.45, 7) is 0. The van der Waals surface area contributed by atoms with Crippen molar-refractivity contribution in [3.05, 3.63) is 72.5 Å². The number of rotatable bonds is 3. The Morgan fingerprint density at radius 3 is 2.63 bits per heavy atom. The number of H-pyrrole nitrogens is 1. The van der Waals surface area contributed by atoms with Gasteiger partial charge in [-0.3, -0.25) is 0 Å². The van der Waals surface area contributed by atoms with E-state index in [0.717, 1.165) is 5.69 Å². The number of carboxylic acids is 1. The van der Waals surface area contributed by atoms with E-state index in [4.69, 9.17) is 4.42 Å². The van der Waals surface area contributed by atoms with E-state index in [1.807, 2.05) is 36.4 Å². The van der Waals surface area contributed by atoms with E-state index in [9.17, 15) is 9.90 Å². The molecule has 0 atom stereocenters. The highest BCUT2D eigenvalue weighted by Crippen LogP contribution is 2.27. The van der Waals surface area contributed by atoms with Crippen molar-refractivity contribution in [3.8, 4) is 17.1 Å². The number of hydrogen-bond acceptors (Lipinski definition) is 4. The molecule has 0 amide bonds. The Kier molecular flexibility index (Phi) is 3.26. The minimum Gasteiger partial charge on any atom is -0.478 e. The molecule has 0 unspecified atom stereocenters. The van der Waals surface area contributed by atoms with Crippen LogP contribution in [0.25, 0.3) is 39.1 Å². The summed E-state index contributed by atoms with van der Waals surface area (Å²) in [6.07, 6.45) is 1.54. The molecule has 3 heterocycles. The van der Waals surface area contributed by atoms with E-state index in [1.165, 1.54) is 4.80 Å². The first-order valence-corrected chi connectivity index (χ1v) is 8.29. The van der Waals surface area contributed by atoms with Crippen LogP contribution in [0.5, 0.6) is 0 Å². The molecule has 0 saturated heterocycles. The van der Waals surface area contributed by atoms with Gasteiger partial charge in [-0.15, -0.1) is 10.2 Å². The third-order valence-corrected chi connectivity index (χ3v) is 4.39. The number of fused-ring (bicyclic) bond motifs is 3. The molecule has 5 rings (SSSR count). The monoisotopic (exact) mass is 357 g/mol. The molecule has 0 saturated carbocycles. The van der Waals surface area contributed by atoms with Crippen LogP contribution in [-0.2, 0) is 0 Å². The van der Waals surface area contributed by atoms with Crippen molar-refractivity contribution in [1.82, 2.24) is 15.0 Å². The number of aromatic amines is 1. The van der Waals surface area contributed by atoms with Crippen molar-refractivity contribution >= 4 is 27.9 Å². The van der Waals surface area contributed by atoms with Gasteiger partial charge in [-0.1, -0.05) is 18.2 Å². The van der Waals surface area contributed by atoms with Crippen molar-refractivity contribution in [2.24, 2.45) is 0 Å². The normalized spacial score (nSPS) is 11.3. The van der Waals surface area contributed by atoms with Gasteiger partial charge in [0, 0.05) is 12.1 Å². The van der Waals surface area contributed by atoms with Crippen LogP contribution in [0, 0.1) is 0 Å². The average molecular weight is 357 g/mol. The number of aromatic carboxylic acids is 1. The van der Waals surface area contributed by atoms with Crippen LogP contribution in [0.15, 0.2) is 71.3 Å². The van der Waals surface area contributed by atoms with Gasteiger partial charge in [0.25, 0.3) is 0 Å². The average Bonchev–Trinajstić information content (AvgIpc) is 3.37. The molecule has 3 aromatic heterocycles. The number of nitrogens with zero attached hydrogens (tertiary/aromatic N) is 3. The summed E-state index contributed by atoms with van der Waals surface area (Å²) >= 11 is 0. The molecule has 0 aliphatic rings. The Bertz CT molecular complexity index is 1290. The number of hydrogen-bond donors (Lipinski definition) is 1. The summed E-state index contributed by atoms with van der Waals surface area (Å²) in [7, 11) is 0. The number of aromatic nitrogens is 4. The maximum atomic E-state index is 12.0. The van der Waals surface area contributed by atoms with Crippen LogP contribution in [0.4, 0.5) is 0 Å². The zero-order chi connectivity index (χ0) is 18.4. The van der Waals surface area contributed by atoms with Crippen LogP contribution in [-0.4, -0.2) is 26.1 Å². The van der Waals surface area contributed by atoms with Gasteiger partial charge < -0.3 is 9.52 Å². The summed E-state index contributed by atoms with van der Waals surface area (Å²) in [5.74, 6) is -0.476. The predicted octanol–water partition coefficient (Wildman–Crippen LogP) is 3.35. The first kappa shape index (κ1) is 15.3. The summed E-state index contributed by atoms with van der Waals surface area (Å²) in [4.78, 5) is 16.7. The Labute approximate surface area is 152 Å². The lowest BCUT2D eigenvalue weighted by Crippen LogP contribution is -2.12. The Balaban J connectivity index is 1.82. The summed E-state index contributed by atoms with van der Waals surface area (Å²) in [5.41, 5.74) is 3.31. The van der Waals surface area contributed by atoms with Crippen LogP contribution < -0.4 is 4.98 Å². The molecule has 27 heavy (non-hydrogen) atoms. The highest BCUT2D eigenvalue weighted by Gasteiger charge is 2.23. The van der Waals surface area contributed by atoms with Crippen LogP contribution in [0.1, 0.15) is 10.4 Å².